The monoisotopic (exact) mass is 506 g/mol. The molecule has 0 aromatic carbocycles. The molecule has 0 saturated heterocycles. The number of rotatable bonds is 5. The minimum atomic E-state index is -0.562. The summed E-state index contributed by atoms with van der Waals surface area (Å²) in [6.07, 6.45) is 3.83. The second-order valence-electron chi connectivity index (χ2n) is 8.85. The third kappa shape index (κ3) is 7.49. The third-order valence-corrected chi connectivity index (χ3v) is 4.97. The molecule has 0 spiro atoms. The van der Waals surface area contributed by atoms with Crippen LogP contribution in [-0.2, 0) is 4.74 Å². The first-order valence-electron chi connectivity index (χ1n) is 9.06. The Morgan fingerprint density at radius 1 is 1.33 bits per heavy atom. The van der Waals surface area contributed by atoms with Crippen LogP contribution in [-0.4, -0.2) is 23.3 Å². The van der Waals surface area contributed by atoms with Crippen LogP contribution in [0, 0.1) is 15.0 Å². The Kier molecular flexibility index (Phi) is 7.06. The number of ether oxygens (including phenoxy) is 2. The molecule has 5 nitrogen and oxygen atoms in total. The number of carbonyl (C=O) groups excluding carboxylic acids is 1. The zero-order chi connectivity index (χ0) is 20.4. The molecule has 1 fully saturated rings. The molecular weight excluding hydrogens is 479 g/mol. The topological polar surface area (TPSA) is 60.5 Å². The molecule has 1 aliphatic rings. The van der Waals surface area contributed by atoms with Gasteiger partial charge in [-0.3, -0.25) is 5.32 Å². The highest BCUT2D eigenvalue weighted by molar-refractivity contribution is 14.1. The van der Waals surface area contributed by atoms with Crippen molar-refractivity contribution in [2.75, 3.05) is 6.61 Å². The van der Waals surface area contributed by atoms with Crippen molar-refractivity contribution in [1.29, 1.82) is 0 Å². The Bertz CT molecular complexity index is 732. The van der Waals surface area contributed by atoms with E-state index in [1.165, 1.54) is 12.8 Å². The molecular formula is C20H28ClIN2O3. The number of alkyl carbamates (subject to hydrolysis) is 1. The number of hydrogen-bond acceptors (Lipinski definition) is 4. The van der Waals surface area contributed by atoms with Gasteiger partial charge < -0.3 is 9.47 Å². The number of amides is 1. The van der Waals surface area contributed by atoms with Crippen LogP contribution in [0.4, 0.5) is 4.79 Å². The number of carbonyl (C=O) groups is 1. The summed E-state index contributed by atoms with van der Waals surface area (Å²) < 4.78 is 12.0. The molecule has 0 bridgehead atoms. The van der Waals surface area contributed by atoms with Gasteiger partial charge in [-0.05, 0) is 74.3 Å². The van der Waals surface area contributed by atoms with Gasteiger partial charge in [0, 0.05) is 16.7 Å². The van der Waals surface area contributed by atoms with Crippen molar-refractivity contribution >= 4 is 46.4 Å². The highest BCUT2D eigenvalue weighted by Crippen LogP contribution is 2.33. The van der Waals surface area contributed by atoms with Crippen LogP contribution in [0.3, 0.4) is 0 Å². The molecule has 0 unspecified atom stereocenters. The SMILES string of the molecule is CC(C)(C)OC(=O)N/C(=C\c1cc(OCC2CC2)c(Cl)nc1I)C(C)(C)C. The molecule has 1 N–H and O–H groups in total. The maximum Gasteiger partial charge on any atom is 0.411 e. The van der Waals surface area contributed by atoms with Gasteiger partial charge in [0.2, 0.25) is 0 Å². The second-order valence-corrected chi connectivity index (χ2v) is 10.2. The van der Waals surface area contributed by atoms with E-state index in [1.807, 2.05) is 53.7 Å². The summed E-state index contributed by atoms with van der Waals surface area (Å²) in [5.41, 5.74) is 0.709. The molecule has 1 saturated carbocycles. The number of nitrogens with one attached hydrogen (secondary N) is 1. The van der Waals surface area contributed by atoms with Gasteiger partial charge >= 0.3 is 6.09 Å². The minimum absolute atomic E-state index is 0.297. The maximum atomic E-state index is 12.3. The number of halogens is 2. The molecule has 7 heteroatoms. The Balaban J connectivity index is 2.28. The summed E-state index contributed by atoms with van der Waals surface area (Å²) >= 11 is 8.37. The van der Waals surface area contributed by atoms with Crippen molar-refractivity contribution < 1.29 is 14.3 Å². The minimum Gasteiger partial charge on any atom is -0.490 e. The first-order valence-corrected chi connectivity index (χ1v) is 10.5. The van der Waals surface area contributed by atoms with E-state index in [0.29, 0.717) is 23.4 Å². The van der Waals surface area contributed by atoms with Crippen molar-refractivity contribution in [2.45, 2.75) is 60.0 Å². The molecule has 0 radical (unpaired) electrons. The van der Waals surface area contributed by atoms with Crippen LogP contribution in [0.25, 0.3) is 6.08 Å². The fourth-order valence-corrected chi connectivity index (χ4v) is 3.06. The van der Waals surface area contributed by atoms with E-state index in [0.717, 1.165) is 15.0 Å². The molecule has 1 aromatic rings. The summed E-state index contributed by atoms with van der Waals surface area (Å²) in [6, 6.07) is 1.88. The largest absolute Gasteiger partial charge is 0.490 e. The number of hydrogen-bond donors (Lipinski definition) is 1. The van der Waals surface area contributed by atoms with E-state index in [4.69, 9.17) is 21.1 Å². The number of aromatic nitrogens is 1. The molecule has 1 amide bonds. The smallest absolute Gasteiger partial charge is 0.411 e. The van der Waals surface area contributed by atoms with Crippen LogP contribution < -0.4 is 10.1 Å². The first-order chi connectivity index (χ1) is 12.3. The molecule has 1 aromatic heterocycles. The predicted molar refractivity (Wildman–Crippen MR) is 117 cm³/mol. The standard InChI is InChI=1S/C20H28ClIN2O3/c1-19(2,3)15(23-18(25)27-20(4,5)6)10-13-9-14(16(21)24-17(13)22)26-11-12-7-8-12/h9-10,12H,7-8,11H2,1-6H3,(H,23,25)/b15-10-. The Hall–Kier alpha value is -1.02. The zero-order valence-electron chi connectivity index (χ0n) is 16.8. The molecule has 1 aliphatic carbocycles. The second kappa shape index (κ2) is 8.55. The van der Waals surface area contributed by atoms with Crippen molar-refractivity contribution in [1.82, 2.24) is 10.3 Å². The van der Waals surface area contributed by atoms with Gasteiger partial charge in [-0.15, -0.1) is 0 Å². The van der Waals surface area contributed by atoms with Crippen molar-refractivity contribution in [3.8, 4) is 5.75 Å². The lowest BCUT2D eigenvalue weighted by atomic mass is 9.90. The number of allylic oxidation sites excluding steroid dienone is 1. The summed E-state index contributed by atoms with van der Waals surface area (Å²) in [5.74, 6) is 1.19. The molecule has 0 aliphatic heterocycles. The van der Waals surface area contributed by atoms with E-state index < -0.39 is 11.7 Å². The van der Waals surface area contributed by atoms with Crippen molar-refractivity contribution in [3.05, 3.63) is 26.2 Å². The van der Waals surface area contributed by atoms with E-state index in [2.05, 4.69) is 32.9 Å². The van der Waals surface area contributed by atoms with E-state index in [-0.39, 0.29) is 5.41 Å². The van der Waals surface area contributed by atoms with Crippen molar-refractivity contribution in [3.63, 3.8) is 0 Å². The molecule has 0 atom stereocenters. The van der Waals surface area contributed by atoms with Gasteiger partial charge in [0.25, 0.3) is 0 Å². The lowest BCUT2D eigenvalue weighted by Gasteiger charge is -2.26. The Morgan fingerprint density at radius 3 is 2.48 bits per heavy atom. The van der Waals surface area contributed by atoms with E-state index in [9.17, 15) is 4.79 Å². The molecule has 150 valence electrons. The lowest BCUT2D eigenvalue weighted by molar-refractivity contribution is 0.0536. The summed E-state index contributed by atoms with van der Waals surface area (Å²) in [7, 11) is 0. The van der Waals surface area contributed by atoms with Gasteiger partial charge in [0.15, 0.2) is 10.9 Å². The van der Waals surface area contributed by atoms with E-state index >= 15 is 0 Å². The summed E-state index contributed by atoms with van der Waals surface area (Å²) in [5, 5.41) is 3.23. The quantitative estimate of drug-likeness (QED) is 0.391. The van der Waals surface area contributed by atoms with Crippen molar-refractivity contribution in [2.24, 2.45) is 11.3 Å². The van der Waals surface area contributed by atoms with Crippen LogP contribution in [0.1, 0.15) is 59.9 Å². The number of pyridine rings is 1. The van der Waals surface area contributed by atoms with Gasteiger partial charge in [0.05, 0.1) is 6.61 Å². The Labute approximate surface area is 180 Å². The fraction of sp³-hybridized carbons (Fsp3) is 0.600. The summed E-state index contributed by atoms with van der Waals surface area (Å²) in [6.45, 7) is 12.2. The van der Waals surface area contributed by atoms with Gasteiger partial charge in [0.1, 0.15) is 9.30 Å². The average Bonchev–Trinajstić information content (AvgIpc) is 3.29. The first kappa shape index (κ1) is 22.3. The van der Waals surface area contributed by atoms with Gasteiger partial charge in [-0.2, -0.15) is 0 Å². The van der Waals surface area contributed by atoms with E-state index in [1.54, 1.807) is 0 Å². The normalized spacial score (nSPS) is 15.5. The highest BCUT2D eigenvalue weighted by atomic mass is 127. The van der Waals surface area contributed by atoms with Gasteiger partial charge in [-0.1, -0.05) is 32.4 Å². The lowest BCUT2D eigenvalue weighted by Crippen LogP contribution is -2.35. The zero-order valence-corrected chi connectivity index (χ0v) is 19.7. The van der Waals surface area contributed by atoms with Crippen LogP contribution in [0.2, 0.25) is 5.15 Å². The average molecular weight is 507 g/mol. The fourth-order valence-electron chi connectivity index (χ4n) is 2.17. The Morgan fingerprint density at radius 2 is 1.96 bits per heavy atom. The molecule has 27 heavy (non-hydrogen) atoms. The highest BCUT2D eigenvalue weighted by Gasteiger charge is 2.25. The summed E-state index contributed by atoms with van der Waals surface area (Å²) in [4.78, 5) is 16.6. The van der Waals surface area contributed by atoms with Crippen LogP contribution >= 0.6 is 34.2 Å². The maximum absolute atomic E-state index is 12.3. The van der Waals surface area contributed by atoms with Crippen LogP contribution in [0.15, 0.2) is 11.8 Å². The van der Waals surface area contributed by atoms with Crippen LogP contribution in [0.5, 0.6) is 5.75 Å². The molecule has 2 rings (SSSR count). The predicted octanol–water partition coefficient (Wildman–Crippen LogP) is 6.04. The third-order valence-electron chi connectivity index (χ3n) is 3.84. The molecule has 1 heterocycles. The number of nitrogens with zero attached hydrogens (tertiary/aromatic N) is 1. The van der Waals surface area contributed by atoms with Gasteiger partial charge in [-0.25, -0.2) is 9.78 Å².